The molecule has 216 valence electrons. The predicted molar refractivity (Wildman–Crippen MR) is 150 cm³/mol. The zero-order chi connectivity index (χ0) is 29.6. The van der Waals surface area contributed by atoms with E-state index in [0.717, 1.165) is 46.3 Å². The second-order valence-corrected chi connectivity index (χ2v) is 9.68. The summed E-state index contributed by atoms with van der Waals surface area (Å²) in [5.74, 6) is 0.235. The van der Waals surface area contributed by atoms with Crippen LogP contribution < -0.4 is 10.4 Å². The van der Waals surface area contributed by atoms with Gasteiger partial charge in [0, 0.05) is 18.5 Å². The molecule has 4 rings (SSSR count). The third-order valence-corrected chi connectivity index (χ3v) is 6.68. The number of ether oxygens (including phenoxy) is 1. The first-order chi connectivity index (χ1) is 19.6. The van der Waals surface area contributed by atoms with Crippen molar-refractivity contribution in [1.29, 1.82) is 0 Å². The number of carboxylic acids is 1. The molecule has 10 heteroatoms. The number of rotatable bonds is 12. The van der Waals surface area contributed by atoms with Crippen molar-refractivity contribution in [3.8, 4) is 22.6 Å². The van der Waals surface area contributed by atoms with E-state index in [1.165, 1.54) is 12.1 Å². The Morgan fingerprint density at radius 1 is 0.951 bits per heavy atom. The molecule has 0 aliphatic heterocycles. The number of carbonyl (C=O) groups is 1. The van der Waals surface area contributed by atoms with Crippen LogP contribution in [0.3, 0.4) is 0 Å². The van der Waals surface area contributed by atoms with E-state index in [9.17, 15) is 27.9 Å². The zero-order valence-electron chi connectivity index (χ0n) is 22.9. The number of aliphatic carboxylic acids is 1. The summed E-state index contributed by atoms with van der Waals surface area (Å²) in [6, 6.07) is 18.0. The van der Waals surface area contributed by atoms with E-state index >= 15 is 0 Å². The van der Waals surface area contributed by atoms with Gasteiger partial charge in [0.2, 0.25) is 0 Å². The third-order valence-electron chi connectivity index (χ3n) is 6.68. The fourth-order valence-corrected chi connectivity index (χ4v) is 4.70. The van der Waals surface area contributed by atoms with Crippen LogP contribution in [0.1, 0.15) is 49.2 Å². The van der Waals surface area contributed by atoms with E-state index in [0.29, 0.717) is 43.1 Å². The minimum absolute atomic E-state index is 0.126. The van der Waals surface area contributed by atoms with Gasteiger partial charge in [-0.1, -0.05) is 37.3 Å². The molecule has 0 aliphatic carbocycles. The van der Waals surface area contributed by atoms with Gasteiger partial charge in [0.05, 0.1) is 24.3 Å². The lowest BCUT2D eigenvalue weighted by molar-refractivity contribution is -0.138. The average Bonchev–Trinajstić information content (AvgIpc) is 3.24. The van der Waals surface area contributed by atoms with Crippen LogP contribution in [-0.4, -0.2) is 32.0 Å². The van der Waals surface area contributed by atoms with Gasteiger partial charge in [0.25, 0.3) is 0 Å². The Morgan fingerprint density at radius 2 is 1.63 bits per heavy atom. The number of hydrogen-bond acceptors (Lipinski definition) is 4. The van der Waals surface area contributed by atoms with Crippen molar-refractivity contribution < 1.29 is 27.8 Å². The quantitative estimate of drug-likeness (QED) is 0.216. The van der Waals surface area contributed by atoms with E-state index in [-0.39, 0.29) is 17.8 Å². The highest BCUT2D eigenvalue weighted by Crippen LogP contribution is 2.30. The van der Waals surface area contributed by atoms with Crippen LogP contribution in [0.15, 0.2) is 71.5 Å². The summed E-state index contributed by atoms with van der Waals surface area (Å²) in [6.07, 6.45) is -1.88. The van der Waals surface area contributed by atoms with Crippen LogP contribution in [-0.2, 0) is 36.8 Å². The highest BCUT2D eigenvalue weighted by molar-refractivity contribution is 5.74. The monoisotopic (exact) mass is 567 g/mol. The first-order valence-electron chi connectivity index (χ1n) is 13.5. The van der Waals surface area contributed by atoms with Crippen molar-refractivity contribution in [2.24, 2.45) is 0 Å². The molecule has 4 aromatic rings. The van der Waals surface area contributed by atoms with E-state index < -0.39 is 17.7 Å². The Morgan fingerprint density at radius 3 is 2.24 bits per heavy atom. The van der Waals surface area contributed by atoms with Crippen molar-refractivity contribution in [2.75, 3.05) is 6.61 Å². The first-order valence-corrected chi connectivity index (χ1v) is 13.5. The van der Waals surface area contributed by atoms with Crippen LogP contribution in [0.25, 0.3) is 16.8 Å². The zero-order valence-corrected chi connectivity index (χ0v) is 22.9. The number of nitrogens with zero attached hydrogens (tertiary/aromatic N) is 3. The van der Waals surface area contributed by atoms with Gasteiger partial charge in [-0.2, -0.15) is 17.9 Å². The normalized spacial score (nSPS) is 11.5. The average molecular weight is 568 g/mol. The van der Waals surface area contributed by atoms with E-state index in [1.54, 1.807) is 10.6 Å². The van der Waals surface area contributed by atoms with E-state index in [1.807, 2.05) is 50.2 Å². The van der Waals surface area contributed by atoms with Gasteiger partial charge < -0.3 is 9.84 Å². The van der Waals surface area contributed by atoms with Crippen molar-refractivity contribution >= 4 is 5.97 Å². The van der Waals surface area contributed by atoms with Crippen molar-refractivity contribution in [3.63, 3.8) is 0 Å². The Kier molecular flexibility index (Phi) is 9.31. The van der Waals surface area contributed by atoms with Crippen LogP contribution in [0.2, 0.25) is 0 Å². The van der Waals surface area contributed by atoms with Crippen molar-refractivity contribution in [1.82, 2.24) is 14.3 Å². The Bertz CT molecular complexity index is 1540. The summed E-state index contributed by atoms with van der Waals surface area (Å²) in [5, 5.41) is 13.7. The molecular weight excluding hydrogens is 535 g/mol. The summed E-state index contributed by atoms with van der Waals surface area (Å²) < 4.78 is 47.1. The van der Waals surface area contributed by atoms with Crippen molar-refractivity contribution in [2.45, 2.75) is 58.7 Å². The molecule has 3 aromatic carbocycles. The lowest BCUT2D eigenvalue weighted by Gasteiger charge is -2.11. The van der Waals surface area contributed by atoms with Gasteiger partial charge in [-0.25, -0.2) is 4.79 Å². The molecule has 0 unspecified atom stereocenters. The summed E-state index contributed by atoms with van der Waals surface area (Å²) in [5.41, 5.74) is 2.70. The number of benzene rings is 3. The van der Waals surface area contributed by atoms with Crippen LogP contribution in [0.4, 0.5) is 13.2 Å². The molecule has 41 heavy (non-hydrogen) atoms. The summed E-state index contributed by atoms with van der Waals surface area (Å²) in [6.45, 7) is 4.72. The highest BCUT2D eigenvalue weighted by Gasteiger charge is 2.30. The second-order valence-electron chi connectivity index (χ2n) is 9.68. The predicted octanol–water partition coefficient (Wildman–Crippen LogP) is 6.33. The molecule has 0 spiro atoms. The Balaban J connectivity index is 1.45. The molecule has 1 N–H and O–H groups in total. The molecule has 0 fully saturated rings. The Labute approximate surface area is 235 Å². The summed E-state index contributed by atoms with van der Waals surface area (Å²) in [4.78, 5) is 24.3. The van der Waals surface area contributed by atoms with Gasteiger partial charge >= 0.3 is 17.8 Å². The molecule has 0 saturated heterocycles. The molecule has 1 heterocycles. The molecule has 0 radical (unpaired) electrons. The van der Waals surface area contributed by atoms with Gasteiger partial charge in [-0.3, -0.25) is 9.36 Å². The largest absolute Gasteiger partial charge is 0.494 e. The van der Waals surface area contributed by atoms with E-state index in [2.05, 4.69) is 5.10 Å². The molecule has 1 aromatic heterocycles. The fraction of sp³-hybridized carbons (Fsp3) is 0.323. The molecule has 0 bridgehead atoms. The number of aromatic nitrogens is 3. The SMILES string of the molecule is CCCn1c(CCCc2ccc(-c3ccc(OCC)c(CC(=O)O)c3)cc2)nn(-c2ccc(C(F)(F)F)cc2)c1=O. The number of hydrogen-bond donors (Lipinski definition) is 1. The molecule has 0 amide bonds. The molecule has 7 nitrogen and oxygen atoms in total. The maximum Gasteiger partial charge on any atom is 0.416 e. The number of alkyl halides is 3. The minimum atomic E-state index is -4.45. The van der Waals surface area contributed by atoms with Crippen LogP contribution >= 0.6 is 0 Å². The Hall–Kier alpha value is -4.34. The standard InChI is InChI=1S/C31H32F3N3O4/c1-3-18-36-28(35-37(30(36)40)26-15-13-25(14-16-26)31(32,33)34)7-5-6-21-8-10-22(11-9-21)23-12-17-27(41-4-2)24(19-23)20-29(38)39/h8-17,19H,3-7,18,20H2,1-2H3,(H,38,39). The molecule has 0 aliphatic rings. The topological polar surface area (TPSA) is 86.3 Å². The second kappa shape index (κ2) is 12.9. The van der Waals surface area contributed by atoms with Gasteiger partial charge in [-0.05, 0) is 79.3 Å². The summed E-state index contributed by atoms with van der Waals surface area (Å²) in [7, 11) is 0. The number of aryl methyl sites for hydroxylation is 2. The van der Waals surface area contributed by atoms with Crippen LogP contribution in [0.5, 0.6) is 5.75 Å². The summed E-state index contributed by atoms with van der Waals surface area (Å²) >= 11 is 0. The van der Waals surface area contributed by atoms with Gasteiger partial charge in [-0.15, -0.1) is 5.10 Å². The third kappa shape index (κ3) is 7.25. The number of carboxylic acid groups (broad SMARTS) is 1. The van der Waals surface area contributed by atoms with E-state index in [4.69, 9.17) is 4.74 Å². The lowest BCUT2D eigenvalue weighted by atomic mass is 9.98. The lowest BCUT2D eigenvalue weighted by Crippen LogP contribution is -2.24. The highest BCUT2D eigenvalue weighted by atomic mass is 19.4. The van der Waals surface area contributed by atoms with Crippen LogP contribution in [0, 0.1) is 0 Å². The van der Waals surface area contributed by atoms with Gasteiger partial charge in [0.1, 0.15) is 11.6 Å². The molecule has 0 saturated carbocycles. The van der Waals surface area contributed by atoms with Crippen molar-refractivity contribution in [3.05, 3.63) is 99.7 Å². The van der Waals surface area contributed by atoms with Gasteiger partial charge in [0.15, 0.2) is 0 Å². The first kappa shape index (κ1) is 29.6. The minimum Gasteiger partial charge on any atom is -0.494 e. The maximum atomic E-state index is 13.0. The molecule has 0 atom stereocenters. The maximum absolute atomic E-state index is 13.0. The number of halogens is 3. The molecular formula is C31H32F3N3O4. The smallest absolute Gasteiger partial charge is 0.416 e. The fourth-order valence-electron chi connectivity index (χ4n) is 4.70.